The van der Waals surface area contributed by atoms with Crippen LogP contribution < -0.4 is 11.1 Å². The molecule has 1 atom stereocenters. The summed E-state index contributed by atoms with van der Waals surface area (Å²) < 4.78 is 1.92. The number of nitrogens with one attached hydrogen (secondary N) is 1. The van der Waals surface area contributed by atoms with Gasteiger partial charge >= 0.3 is 0 Å². The summed E-state index contributed by atoms with van der Waals surface area (Å²) >= 11 is 3.04. The van der Waals surface area contributed by atoms with E-state index in [-0.39, 0.29) is 11.2 Å². The van der Waals surface area contributed by atoms with Crippen molar-refractivity contribution in [3.05, 3.63) is 47.0 Å². The van der Waals surface area contributed by atoms with Crippen LogP contribution in [0.5, 0.6) is 0 Å². The van der Waals surface area contributed by atoms with Gasteiger partial charge in [0.05, 0.1) is 15.5 Å². The Labute approximate surface area is 155 Å². The molecule has 1 amide bonds. The van der Waals surface area contributed by atoms with Gasteiger partial charge in [-0.25, -0.2) is 4.98 Å². The number of carbonyl (C=O) groups excluding carboxylic acids is 1. The molecule has 4 nitrogen and oxygen atoms in total. The summed E-state index contributed by atoms with van der Waals surface area (Å²) in [4.78, 5) is 17.2. The highest BCUT2D eigenvalue weighted by Gasteiger charge is 2.18. The number of hydrogen-bond acceptors (Lipinski definition) is 5. The van der Waals surface area contributed by atoms with E-state index in [4.69, 9.17) is 5.73 Å². The number of nitrogens with zero attached hydrogens (tertiary/aromatic N) is 1. The average molecular weight is 372 g/mol. The number of thioether (sulfide) groups is 1. The van der Waals surface area contributed by atoms with Crippen LogP contribution in [0.25, 0.3) is 10.2 Å². The quantitative estimate of drug-likeness (QED) is 0.504. The van der Waals surface area contributed by atoms with Crippen molar-refractivity contribution in [3.8, 4) is 0 Å². The van der Waals surface area contributed by atoms with E-state index in [1.807, 2.05) is 39.0 Å². The second-order valence-electron chi connectivity index (χ2n) is 6.23. The zero-order chi connectivity index (χ0) is 18.1. The number of hydrogen-bond donors (Lipinski definition) is 2. The number of aryl methyl sites for hydroxylation is 3. The van der Waals surface area contributed by atoms with E-state index in [2.05, 4.69) is 29.4 Å². The minimum Gasteiger partial charge on any atom is -0.399 e. The lowest BCUT2D eigenvalue weighted by atomic mass is 10.1. The second kappa shape index (κ2) is 7.06. The summed E-state index contributed by atoms with van der Waals surface area (Å²) in [5.41, 5.74) is 11.7. The second-order valence-corrected chi connectivity index (χ2v) is 8.85. The highest BCUT2D eigenvalue weighted by Crippen LogP contribution is 2.33. The molecule has 0 spiro atoms. The summed E-state index contributed by atoms with van der Waals surface area (Å²) in [5.74, 6) is -0.0150. The molecule has 0 bridgehead atoms. The molecule has 1 heterocycles. The smallest absolute Gasteiger partial charge is 0.237 e. The summed E-state index contributed by atoms with van der Waals surface area (Å²) in [5, 5.41) is 2.83. The van der Waals surface area contributed by atoms with Crippen molar-refractivity contribution in [3.63, 3.8) is 0 Å². The molecular weight excluding hydrogens is 350 g/mol. The van der Waals surface area contributed by atoms with Crippen LogP contribution in [0.1, 0.15) is 23.6 Å². The molecule has 1 unspecified atom stereocenters. The third-order valence-corrected chi connectivity index (χ3v) is 6.18. The number of fused-ring (bicyclic) bond motifs is 1. The Morgan fingerprint density at radius 3 is 2.56 bits per heavy atom. The van der Waals surface area contributed by atoms with E-state index in [0.717, 1.165) is 37.1 Å². The van der Waals surface area contributed by atoms with E-state index in [9.17, 15) is 4.79 Å². The van der Waals surface area contributed by atoms with Crippen LogP contribution >= 0.6 is 23.1 Å². The van der Waals surface area contributed by atoms with Crippen LogP contribution in [0.2, 0.25) is 0 Å². The van der Waals surface area contributed by atoms with Gasteiger partial charge in [0.25, 0.3) is 0 Å². The number of carbonyl (C=O) groups is 1. The number of benzene rings is 2. The van der Waals surface area contributed by atoms with Crippen LogP contribution in [-0.4, -0.2) is 16.1 Å². The molecule has 0 saturated carbocycles. The molecule has 3 aromatic rings. The number of aromatic nitrogens is 1. The predicted octanol–water partition coefficient (Wildman–Crippen LogP) is 4.92. The van der Waals surface area contributed by atoms with Crippen molar-refractivity contribution in [2.45, 2.75) is 37.3 Å². The third kappa shape index (κ3) is 3.96. The van der Waals surface area contributed by atoms with Gasteiger partial charge in [-0.2, -0.15) is 0 Å². The van der Waals surface area contributed by atoms with E-state index in [0.29, 0.717) is 0 Å². The minimum atomic E-state index is -0.238. The standard InChI is InChI=1S/C19H21N3OS2/c1-10-7-11(2)17(12(3)8-10)22-18(23)13(4)24-19-21-15-6-5-14(20)9-16(15)25-19/h5-9,13H,20H2,1-4H3,(H,22,23). The predicted molar refractivity (Wildman–Crippen MR) is 109 cm³/mol. The van der Waals surface area contributed by atoms with Gasteiger partial charge < -0.3 is 11.1 Å². The Morgan fingerprint density at radius 2 is 1.88 bits per heavy atom. The van der Waals surface area contributed by atoms with Crippen LogP contribution in [0.4, 0.5) is 11.4 Å². The molecule has 3 rings (SSSR count). The molecule has 0 aliphatic rings. The maximum Gasteiger partial charge on any atom is 0.237 e. The van der Waals surface area contributed by atoms with Gasteiger partial charge in [-0.15, -0.1) is 11.3 Å². The Hall–Kier alpha value is -2.05. The number of thiazole rings is 1. The van der Waals surface area contributed by atoms with Crippen molar-refractivity contribution in [2.24, 2.45) is 0 Å². The molecule has 130 valence electrons. The topological polar surface area (TPSA) is 68.0 Å². The van der Waals surface area contributed by atoms with E-state index in [1.165, 1.54) is 17.3 Å². The van der Waals surface area contributed by atoms with Crippen molar-refractivity contribution >= 4 is 50.6 Å². The molecule has 0 radical (unpaired) electrons. The zero-order valence-corrected chi connectivity index (χ0v) is 16.3. The fourth-order valence-corrected chi connectivity index (χ4v) is 5.04. The number of nitrogen functional groups attached to an aromatic ring is 1. The molecule has 2 aromatic carbocycles. The maximum atomic E-state index is 12.6. The number of nitrogens with two attached hydrogens (primary N) is 1. The van der Waals surface area contributed by atoms with Crippen molar-refractivity contribution in [1.29, 1.82) is 0 Å². The Balaban J connectivity index is 1.74. The highest BCUT2D eigenvalue weighted by molar-refractivity contribution is 8.02. The monoisotopic (exact) mass is 371 g/mol. The molecule has 0 aliphatic carbocycles. The largest absolute Gasteiger partial charge is 0.399 e. The van der Waals surface area contributed by atoms with E-state index in [1.54, 1.807) is 11.3 Å². The maximum absolute atomic E-state index is 12.6. The first-order chi connectivity index (χ1) is 11.8. The SMILES string of the molecule is Cc1cc(C)c(NC(=O)C(C)Sc2nc3ccc(N)cc3s2)c(C)c1. The highest BCUT2D eigenvalue weighted by atomic mass is 32.2. The lowest BCUT2D eigenvalue weighted by molar-refractivity contribution is -0.115. The molecule has 1 aromatic heterocycles. The summed E-state index contributed by atoms with van der Waals surface area (Å²) in [7, 11) is 0. The van der Waals surface area contributed by atoms with Crippen molar-refractivity contribution < 1.29 is 4.79 Å². The molecule has 6 heteroatoms. The average Bonchev–Trinajstić information content (AvgIpc) is 2.91. The van der Waals surface area contributed by atoms with E-state index >= 15 is 0 Å². The van der Waals surface area contributed by atoms with Gasteiger partial charge in [-0.3, -0.25) is 4.79 Å². The Kier molecular flexibility index (Phi) is 5.01. The minimum absolute atomic E-state index is 0.0150. The Morgan fingerprint density at radius 1 is 1.20 bits per heavy atom. The van der Waals surface area contributed by atoms with Gasteiger partial charge in [-0.05, 0) is 57.0 Å². The molecular formula is C19H21N3OS2. The lowest BCUT2D eigenvalue weighted by Gasteiger charge is -2.15. The molecule has 0 saturated heterocycles. The van der Waals surface area contributed by atoms with Gasteiger partial charge in [0, 0.05) is 11.4 Å². The third-order valence-electron chi connectivity index (χ3n) is 3.96. The van der Waals surface area contributed by atoms with Crippen LogP contribution in [-0.2, 0) is 4.79 Å². The molecule has 3 N–H and O–H groups in total. The van der Waals surface area contributed by atoms with Crippen molar-refractivity contribution in [1.82, 2.24) is 4.98 Å². The lowest BCUT2D eigenvalue weighted by Crippen LogP contribution is -2.23. The molecule has 0 fully saturated rings. The number of rotatable bonds is 4. The van der Waals surface area contributed by atoms with Gasteiger partial charge in [0.1, 0.15) is 0 Å². The normalized spacial score (nSPS) is 12.3. The number of amides is 1. The van der Waals surface area contributed by atoms with Gasteiger partial charge in [0.2, 0.25) is 5.91 Å². The molecule has 0 aliphatic heterocycles. The van der Waals surface area contributed by atoms with Gasteiger partial charge in [0.15, 0.2) is 4.34 Å². The van der Waals surface area contributed by atoms with Crippen LogP contribution in [0, 0.1) is 20.8 Å². The summed E-state index contributed by atoms with van der Waals surface area (Å²) in [6.07, 6.45) is 0. The first kappa shape index (κ1) is 17.8. The van der Waals surface area contributed by atoms with Crippen LogP contribution in [0.3, 0.4) is 0 Å². The molecule has 25 heavy (non-hydrogen) atoms. The van der Waals surface area contributed by atoms with Crippen LogP contribution in [0.15, 0.2) is 34.7 Å². The summed E-state index contributed by atoms with van der Waals surface area (Å²) in [6.45, 7) is 8.00. The fourth-order valence-electron chi connectivity index (χ4n) is 2.78. The first-order valence-corrected chi connectivity index (χ1v) is 9.74. The summed E-state index contributed by atoms with van der Waals surface area (Å²) in [6, 6.07) is 9.84. The zero-order valence-electron chi connectivity index (χ0n) is 14.7. The van der Waals surface area contributed by atoms with Gasteiger partial charge in [-0.1, -0.05) is 29.5 Å². The number of anilines is 2. The Bertz CT molecular complexity index is 926. The van der Waals surface area contributed by atoms with E-state index < -0.39 is 0 Å². The fraction of sp³-hybridized carbons (Fsp3) is 0.263. The van der Waals surface area contributed by atoms with Crippen molar-refractivity contribution in [2.75, 3.05) is 11.1 Å². The first-order valence-electron chi connectivity index (χ1n) is 8.05.